The van der Waals surface area contributed by atoms with Crippen molar-refractivity contribution in [1.29, 1.82) is 0 Å². The molecule has 1 fully saturated rings. The van der Waals surface area contributed by atoms with E-state index >= 15 is 0 Å². The maximum absolute atomic E-state index is 13.6. The molecule has 0 unspecified atom stereocenters. The van der Waals surface area contributed by atoms with Crippen LogP contribution in [0.15, 0.2) is 78.9 Å². The molecule has 0 bridgehead atoms. The molecule has 32 heavy (non-hydrogen) atoms. The average Bonchev–Trinajstić information content (AvgIpc) is 3.30. The number of benzene rings is 3. The van der Waals surface area contributed by atoms with Crippen molar-refractivity contribution in [2.24, 2.45) is 0 Å². The van der Waals surface area contributed by atoms with Crippen LogP contribution in [0.25, 0.3) is 10.9 Å². The molecule has 6 rings (SSSR count). The number of carbonyl (C=O) groups excluding carboxylic acids is 2. The minimum Gasteiger partial charge on any atom is -0.356 e. The van der Waals surface area contributed by atoms with Crippen LogP contribution in [0.3, 0.4) is 0 Å². The molecule has 0 spiro atoms. The lowest BCUT2D eigenvalue weighted by atomic mass is 9.88. The highest BCUT2D eigenvalue weighted by atomic mass is 16.2. The number of carbonyl (C=O) groups is 2. The van der Waals surface area contributed by atoms with E-state index in [4.69, 9.17) is 0 Å². The molecule has 0 aliphatic carbocycles. The zero-order valence-electron chi connectivity index (χ0n) is 17.8. The van der Waals surface area contributed by atoms with Crippen molar-refractivity contribution < 1.29 is 9.59 Å². The number of hydrogen-bond donors (Lipinski definition) is 1. The van der Waals surface area contributed by atoms with E-state index < -0.39 is 6.04 Å². The first-order valence-corrected chi connectivity index (χ1v) is 11.0. The normalized spacial score (nSPS) is 20.0. The minimum atomic E-state index is -0.496. The maximum Gasteiger partial charge on any atom is 0.328 e. The number of H-pyrrole nitrogens is 1. The predicted octanol–water partition coefficient (Wildman–Crippen LogP) is 4.95. The molecule has 158 valence electrons. The highest BCUT2D eigenvalue weighted by molar-refractivity contribution is 6.05. The summed E-state index contributed by atoms with van der Waals surface area (Å²) in [4.78, 5) is 33.9. The van der Waals surface area contributed by atoms with E-state index in [1.54, 1.807) is 4.90 Å². The molecular formula is C27H23N3O2. The lowest BCUT2D eigenvalue weighted by Crippen LogP contribution is -2.44. The number of rotatable bonds is 3. The van der Waals surface area contributed by atoms with E-state index in [1.807, 2.05) is 49.4 Å². The number of urea groups is 1. The van der Waals surface area contributed by atoms with Crippen LogP contribution in [0.1, 0.15) is 34.0 Å². The molecule has 1 aromatic heterocycles. The second kappa shape index (κ2) is 7.09. The van der Waals surface area contributed by atoms with Crippen LogP contribution in [0.4, 0.5) is 4.79 Å². The monoisotopic (exact) mass is 421 g/mol. The van der Waals surface area contributed by atoms with Gasteiger partial charge in [0.15, 0.2) is 0 Å². The Bertz CT molecular complexity index is 1340. The Labute approximate surface area is 186 Å². The molecule has 2 aliphatic heterocycles. The van der Waals surface area contributed by atoms with Gasteiger partial charge in [0, 0.05) is 23.0 Å². The van der Waals surface area contributed by atoms with Gasteiger partial charge in [-0.05, 0) is 29.7 Å². The van der Waals surface area contributed by atoms with Crippen molar-refractivity contribution in [3.05, 3.63) is 107 Å². The highest BCUT2D eigenvalue weighted by Crippen LogP contribution is 2.44. The van der Waals surface area contributed by atoms with Crippen molar-refractivity contribution in [2.75, 3.05) is 0 Å². The third-order valence-electron chi connectivity index (χ3n) is 6.71. The van der Waals surface area contributed by atoms with E-state index in [0.29, 0.717) is 13.0 Å². The molecule has 2 atom stereocenters. The summed E-state index contributed by atoms with van der Waals surface area (Å²) in [5.74, 6) is -0.119. The van der Waals surface area contributed by atoms with Gasteiger partial charge in [-0.3, -0.25) is 14.6 Å². The van der Waals surface area contributed by atoms with Crippen LogP contribution in [0.5, 0.6) is 0 Å². The third kappa shape index (κ3) is 2.78. The number of para-hydroxylation sites is 1. The van der Waals surface area contributed by atoms with Crippen molar-refractivity contribution in [2.45, 2.75) is 32.0 Å². The SMILES string of the molecule is Cc1ccc([C@@H]2c3[nH]c4ccccc4c3C[C@H]3C(=O)N(Cc4ccccc4)C(=O)N23)cc1. The van der Waals surface area contributed by atoms with Crippen LogP contribution in [0.2, 0.25) is 0 Å². The Morgan fingerprint density at radius 2 is 1.62 bits per heavy atom. The molecular weight excluding hydrogens is 398 g/mol. The molecule has 3 amide bonds. The summed E-state index contributed by atoms with van der Waals surface area (Å²) in [6, 6.07) is 25.1. The fraction of sp³-hybridized carbons (Fsp3) is 0.185. The highest BCUT2D eigenvalue weighted by Gasteiger charge is 2.52. The number of nitrogens with zero attached hydrogens (tertiary/aromatic N) is 2. The standard InChI is InChI=1S/C27H23N3O2/c1-17-11-13-19(14-12-17)25-24-21(20-9-5-6-10-22(20)28-24)15-23-26(31)29(27(32)30(23)25)16-18-7-3-2-4-8-18/h2-14,23,25,28H,15-16H2,1H3/t23-,25+/m0/s1. The van der Waals surface area contributed by atoms with Gasteiger partial charge < -0.3 is 4.98 Å². The van der Waals surface area contributed by atoms with Crippen molar-refractivity contribution in [3.63, 3.8) is 0 Å². The fourth-order valence-electron chi connectivity index (χ4n) is 5.14. The van der Waals surface area contributed by atoms with Gasteiger partial charge in [0.1, 0.15) is 12.1 Å². The average molecular weight is 422 g/mol. The van der Waals surface area contributed by atoms with Crippen molar-refractivity contribution in [1.82, 2.24) is 14.8 Å². The molecule has 3 heterocycles. The smallest absolute Gasteiger partial charge is 0.328 e. The molecule has 5 nitrogen and oxygen atoms in total. The number of imide groups is 1. The van der Waals surface area contributed by atoms with Crippen molar-refractivity contribution >= 4 is 22.8 Å². The van der Waals surface area contributed by atoms with E-state index in [-0.39, 0.29) is 18.0 Å². The Morgan fingerprint density at radius 1 is 0.906 bits per heavy atom. The molecule has 1 saturated heterocycles. The van der Waals surface area contributed by atoms with Crippen LogP contribution >= 0.6 is 0 Å². The number of aryl methyl sites for hydroxylation is 1. The Kier molecular flexibility index (Phi) is 4.18. The number of fused-ring (bicyclic) bond motifs is 4. The van der Waals surface area contributed by atoms with Crippen LogP contribution in [0, 0.1) is 6.92 Å². The van der Waals surface area contributed by atoms with Crippen LogP contribution in [-0.2, 0) is 17.8 Å². The van der Waals surface area contributed by atoms with Gasteiger partial charge in [0.25, 0.3) is 5.91 Å². The van der Waals surface area contributed by atoms with Gasteiger partial charge in [0.05, 0.1) is 6.54 Å². The van der Waals surface area contributed by atoms with Crippen LogP contribution < -0.4 is 0 Å². The first-order chi connectivity index (χ1) is 15.6. The molecule has 0 saturated carbocycles. The predicted molar refractivity (Wildman–Crippen MR) is 123 cm³/mol. The Morgan fingerprint density at radius 3 is 2.41 bits per heavy atom. The first kappa shape index (κ1) is 18.9. The van der Waals surface area contributed by atoms with Gasteiger partial charge in [-0.25, -0.2) is 4.79 Å². The Hall–Kier alpha value is -3.86. The number of amides is 3. The van der Waals surface area contributed by atoms with E-state index in [1.165, 1.54) is 4.90 Å². The zero-order valence-corrected chi connectivity index (χ0v) is 17.8. The zero-order chi connectivity index (χ0) is 21.8. The number of nitrogens with one attached hydrogen (secondary N) is 1. The Balaban J connectivity index is 1.49. The van der Waals surface area contributed by atoms with Gasteiger partial charge in [-0.15, -0.1) is 0 Å². The summed E-state index contributed by atoms with van der Waals surface area (Å²) >= 11 is 0. The molecule has 5 heteroatoms. The molecule has 1 N–H and O–H groups in total. The van der Waals surface area contributed by atoms with Gasteiger partial charge in [-0.1, -0.05) is 78.4 Å². The minimum absolute atomic E-state index is 0.119. The summed E-state index contributed by atoms with van der Waals surface area (Å²) in [6.45, 7) is 2.34. The largest absolute Gasteiger partial charge is 0.356 e. The second-order valence-electron chi connectivity index (χ2n) is 8.70. The molecule has 3 aromatic carbocycles. The summed E-state index contributed by atoms with van der Waals surface area (Å²) in [7, 11) is 0. The summed E-state index contributed by atoms with van der Waals surface area (Å²) < 4.78 is 0. The van der Waals surface area contributed by atoms with Crippen LogP contribution in [-0.4, -0.2) is 32.8 Å². The second-order valence-corrected chi connectivity index (χ2v) is 8.70. The molecule has 2 aliphatic rings. The number of aromatic nitrogens is 1. The fourth-order valence-corrected chi connectivity index (χ4v) is 5.14. The third-order valence-corrected chi connectivity index (χ3v) is 6.71. The van der Waals surface area contributed by atoms with E-state index in [9.17, 15) is 9.59 Å². The molecule has 4 aromatic rings. The lowest BCUT2D eigenvalue weighted by Gasteiger charge is -2.36. The lowest BCUT2D eigenvalue weighted by molar-refractivity contribution is -0.129. The summed E-state index contributed by atoms with van der Waals surface area (Å²) in [5.41, 5.74) is 6.30. The van der Waals surface area contributed by atoms with Gasteiger partial charge in [0.2, 0.25) is 0 Å². The summed E-state index contributed by atoms with van der Waals surface area (Å²) in [6.07, 6.45) is 0.525. The maximum atomic E-state index is 13.6. The number of hydrogen-bond acceptors (Lipinski definition) is 2. The quantitative estimate of drug-likeness (QED) is 0.476. The topological polar surface area (TPSA) is 56.4 Å². The first-order valence-electron chi connectivity index (χ1n) is 11.0. The van der Waals surface area contributed by atoms with Gasteiger partial charge in [-0.2, -0.15) is 0 Å². The number of aromatic amines is 1. The summed E-state index contributed by atoms with van der Waals surface area (Å²) in [5, 5.41) is 1.13. The van der Waals surface area contributed by atoms with E-state index in [0.717, 1.165) is 38.9 Å². The molecule has 0 radical (unpaired) electrons. The van der Waals surface area contributed by atoms with E-state index in [2.05, 4.69) is 41.4 Å². The van der Waals surface area contributed by atoms with Crippen molar-refractivity contribution in [3.8, 4) is 0 Å². The van der Waals surface area contributed by atoms with Gasteiger partial charge >= 0.3 is 6.03 Å².